The highest BCUT2D eigenvalue weighted by atomic mass is 19.4. The Morgan fingerprint density at radius 3 is 2.40 bits per heavy atom. The van der Waals surface area contributed by atoms with Crippen molar-refractivity contribution in [3.8, 4) is 0 Å². The maximum Gasteiger partial charge on any atom is 0.433 e. The van der Waals surface area contributed by atoms with Gasteiger partial charge in [-0.1, -0.05) is 0 Å². The Labute approximate surface area is 145 Å². The topological polar surface area (TPSA) is 45.7 Å². The fourth-order valence-electron chi connectivity index (χ4n) is 2.77. The van der Waals surface area contributed by atoms with Crippen molar-refractivity contribution in [3.05, 3.63) is 24.0 Å². The SMILES string of the molecule is CN(c1ccnc(C(F)(F)F)c1)C1CCN(C(=O)OC(C)(C)C)CC1. The lowest BCUT2D eigenvalue weighted by atomic mass is 10.0. The molecule has 1 aliphatic heterocycles. The second kappa shape index (κ2) is 7.09. The highest BCUT2D eigenvalue weighted by molar-refractivity contribution is 5.68. The van der Waals surface area contributed by atoms with Crippen LogP contribution >= 0.6 is 0 Å². The van der Waals surface area contributed by atoms with Gasteiger partial charge in [0.25, 0.3) is 0 Å². The molecule has 0 spiro atoms. The van der Waals surface area contributed by atoms with Gasteiger partial charge in [0.2, 0.25) is 0 Å². The van der Waals surface area contributed by atoms with E-state index >= 15 is 0 Å². The summed E-state index contributed by atoms with van der Waals surface area (Å²) in [5.74, 6) is 0. The first-order chi connectivity index (χ1) is 11.5. The summed E-state index contributed by atoms with van der Waals surface area (Å²) >= 11 is 0. The molecule has 1 aromatic rings. The number of likely N-dealkylation sites (tertiary alicyclic amines) is 1. The Balaban J connectivity index is 1.98. The van der Waals surface area contributed by atoms with Crippen LogP contribution in [0.3, 0.4) is 0 Å². The number of hydrogen-bond acceptors (Lipinski definition) is 4. The minimum Gasteiger partial charge on any atom is -0.444 e. The van der Waals surface area contributed by atoms with E-state index in [0.717, 1.165) is 6.07 Å². The molecule has 2 rings (SSSR count). The monoisotopic (exact) mass is 359 g/mol. The van der Waals surface area contributed by atoms with Crippen molar-refractivity contribution >= 4 is 11.8 Å². The van der Waals surface area contributed by atoms with Crippen LogP contribution in [0.25, 0.3) is 0 Å². The first-order valence-electron chi connectivity index (χ1n) is 8.21. The predicted octanol–water partition coefficient (Wildman–Crippen LogP) is 3.94. The molecule has 0 N–H and O–H groups in total. The molecule has 8 heteroatoms. The summed E-state index contributed by atoms with van der Waals surface area (Å²) < 4.78 is 43.8. The van der Waals surface area contributed by atoms with E-state index in [0.29, 0.717) is 31.6 Å². The van der Waals surface area contributed by atoms with E-state index in [1.165, 1.54) is 6.20 Å². The van der Waals surface area contributed by atoms with Gasteiger partial charge in [0.15, 0.2) is 0 Å². The molecule has 1 aliphatic rings. The zero-order valence-electron chi connectivity index (χ0n) is 14.9. The van der Waals surface area contributed by atoms with Gasteiger partial charge in [-0.15, -0.1) is 0 Å². The summed E-state index contributed by atoms with van der Waals surface area (Å²) in [6, 6.07) is 2.68. The number of piperidine rings is 1. The van der Waals surface area contributed by atoms with Gasteiger partial charge < -0.3 is 14.5 Å². The van der Waals surface area contributed by atoms with Crippen molar-refractivity contribution in [2.24, 2.45) is 0 Å². The lowest BCUT2D eigenvalue weighted by molar-refractivity contribution is -0.141. The number of pyridine rings is 1. The van der Waals surface area contributed by atoms with Crippen LogP contribution in [0.4, 0.5) is 23.7 Å². The number of ether oxygens (including phenoxy) is 1. The van der Waals surface area contributed by atoms with E-state index in [1.807, 2.05) is 25.7 Å². The Morgan fingerprint density at radius 1 is 1.28 bits per heavy atom. The predicted molar refractivity (Wildman–Crippen MR) is 88.5 cm³/mol. The molecule has 0 radical (unpaired) electrons. The number of aromatic nitrogens is 1. The van der Waals surface area contributed by atoms with Crippen molar-refractivity contribution in [1.82, 2.24) is 9.88 Å². The standard InChI is InChI=1S/C17H24F3N3O2/c1-16(2,3)25-15(24)23-9-6-12(7-10-23)22(4)13-5-8-21-14(11-13)17(18,19)20/h5,8,11-12H,6-7,9-10H2,1-4H3. The molecule has 140 valence electrons. The van der Waals surface area contributed by atoms with Gasteiger partial charge in [-0.3, -0.25) is 4.98 Å². The number of carbonyl (C=O) groups excluding carboxylic acids is 1. The average Bonchev–Trinajstić information content (AvgIpc) is 2.52. The molecule has 0 aliphatic carbocycles. The lowest BCUT2D eigenvalue weighted by Gasteiger charge is -2.38. The van der Waals surface area contributed by atoms with Gasteiger partial charge >= 0.3 is 12.3 Å². The van der Waals surface area contributed by atoms with E-state index in [2.05, 4.69) is 4.98 Å². The molecule has 1 fully saturated rings. The first-order valence-corrected chi connectivity index (χ1v) is 8.21. The molecule has 2 heterocycles. The maximum atomic E-state index is 12.8. The summed E-state index contributed by atoms with van der Waals surface area (Å²) in [6.07, 6.45) is -2.31. The number of halogens is 3. The second-order valence-electron chi connectivity index (χ2n) is 7.21. The Morgan fingerprint density at radius 2 is 1.88 bits per heavy atom. The first kappa shape index (κ1) is 19.3. The van der Waals surface area contributed by atoms with Gasteiger partial charge in [0.1, 0.15) is 11.3 Å². The minimum absolute atomic E-state index is 0.0576. The highest BCUT2D eigenvalue weighted by Crippen LogP contribution is 2.31. The quantitative estimate of drug-likeness (QED) is 0.802. The lowest BCUT2D eigenvalue weighted by Crippen LogP contribution is -2.47. The zero-order chi connectivity index (χ0) is 18.8. The number of anilines is 1. The summed E-state index contributed by atoms with van der Waals surface area (Å²) in [5.41, 5.74) is -0.975. The van der Waals surface area contributed by atoms with E-state index < -0.39 is 17.5 Å². The van der Waals surface area contributed by atoms with E-state index in [1.54, 1.807) is 18.0 Å². The zero-order valence-corrected chi connectivity index (χ0v) is 14.9. The normalized spacial score (nSPS) is 16.7. The van der Waals surface area contributed by atoms with Gasteiger partial charge in [-0.2, -0.15) is 13.2 Å². The number of nitrogens with zero attached hydrogens (tertiary/aromatic N) is 3. The number of alkyl halides is 3. The maximum absolute atomic E-state index is 12.8. The van der Waals surface area contributed by atoms with Crippen molar-refractivity contribution in [1.29, 1.82) is 0 Å². The third kappa shape index (κ3) is 5.24. The summed E-state index contributed by atoms with van der Waals surface area (Å²) in [4.78, 5) is 18.9. The molecule has 1 amide bonds. The molecular weight excluding hydrogens is 335 g/mol. The third-order valence-corrected chi connectivity index (χ3v) is 4.11. The van der Waals surface area contributed by atoms with E-state index in [9.17, 15) is 18.0 Å². The summed E-state index contributed by atoms with van der Waals surface area (Å²) in [6.45, 7) is 6.47. The van der Waals surface area contributed by atoms with Crippen molar-refractivity contribution in [3.63, 3.8) is 0 Å². The van der Waals surface area contributed by atoms with Crippen LogP contribution in [0.1, 0.15) is 39.3 Å². The Hall–Kier alpha value is -1.99. The second-order valence-corrected chi connectivity index (χ2v) is 7.21. The number of amides is 1. The Bertz CT molecular complexity index is 606. The van der Waals surface area contributed by atoms with Crippen LogP contribution < -0.4 is 4.90 Å². The molecular formula is C17H24F3N3O2. The molecule has 0 atom stereocenters. The number of rotatable bonds is 2. The van der Waals surface area contributed by atoms with Crippen LogP contribution in [0.15, 0.2) is 18.3 Å². The van der Waals surface area contributed by atoms with Gasteiger partial charge in [0.05, 0.1) is 0 Å². The van der Waals surface area contributed by atoms with Crippen molar-refractivity contribution < 1.29 is 22.7 Å². The molecule has 0 aromatic carbocycles. The smallest absolute Gasteiger partial charge is 0.433 e. The molecule has 0 saturated carbocycles. The number of carbonyl (C=O) groups is 1. The van der Waals surface area contributed by atoms with Crippen LogP contribution in [0, 0.1) is 0 Å². The molecule has 1 saturated heterocycles. The van der Waals surface area contributed by atoms with Crippen LogP contribution in [-0.4, -0.2) is 47.8 Å². The fraction of sp³-hybridized carbons (Fsp3) is 0.647. The van der Waals surface area contributed by atoms with Crippen LogP contribution in [0.5, 0.6) is 0 Å². The number of hydrogen-bond donors (Lipinski definition) is 0. The molecule has 1 aromatic heterocycles. The average molecular weight is 359 g/mol. The summed E-state index contributed by atoms with van der Waals surface area (Å²) in [7, 11) is 1.77. The van der Waals surface area contributed by atoms with Crippen molar-refractivity contribution in [2.75, 3.05) is 25.0 Å². The van der Waals surface area contributed by atoms with Gasteiger partial charge in [-0.25, -0.2) is 4.79 Å². The summed E-state index contributed by atoms with van der Waals surface area (Å²) in [5, 5.41) is 0. The Kier molecular flexibility index (Phi) is 5.49. The fourth-order valence-corrected chi connectivity index (χ4v) is 2.77. The minimum atomic E-state index is -4.46. The molecule has 5 nitrogen and oxygen atoms in total. The van der Waals surface area contributed by atoms with Crippen molar-refractivity contribution in [2.45, 2.75) is 51.4 Å². The van der Waals surface area contributed by atoms with E-state index in [-0.39, 0.29) is 12.1 Å². The highest BCUT2D eigenvalue weighted by Gasteiger charge is 2.33. The molecule has 25 heavy (non-hydrogen) atoms. The van der Waals surface area contributed by atoms with Gasteiger partial charge in [0, 0.05) is 38.1 Å². The molecule has 0 bridgehead atoms. The van der Waals surface area contributed by atoms with E-state index in [4.69, 9.17) is 4.74 Å². The van der Waals surface area contributed by atoms with Crippen LogP contribution in [-0.2, 0) is 10.9 Å². The largest absolute Gasteiger partial charge is 0.444 e. The van der Waals surface area contributed by atoms with Gasteiger partial charge in [-0.05, 0) is 45.7 Å². The molecule has 0 unspecified atom stereocenters. The third-order valence-electron chi connectivity index (χ3n) is 4.11. The van der Waals surface area contributed by atoms with Crippen LogP contribution in [0.2, 0.25) is 0 Å².